The van der Waals surface area contributed by atoms with Gasteiger partial charge in [0, 0.05) is 30.9 Å². The molecule has 1 aliphatic rings. The Bertz CT molecular complexity index is 461. The van der Waals surface area contributed by atoms with Gasteiger partial charge in [-0.25, -0.2) is 4.98 Å². The van der Waals surface area contributed by atoms with E-state index in [-0.39, 0.29) is 11.9 Å². The van der Waals surface area contributed by atoms with Crippen molar-refractivity contribution in [3.63, 3.8) is 0 Å². The highest BCUT2D eigenvalue weighted by atomic mass is 16.1. The number of likely N-dealkylation sites (tertiary alicyclic amines) is 1. The van der Waals surface area contributed by atoms with Gasteiger partial charge in [0.1, 0.15) is 5.82 Å². The Morgan fingerprint density at radius 3 is 2.71 bits per heavy atom. The Kier molecular flexibility index (Phi) is 5.56. The van der Waals surface area contributed by atoms with Crippen molar-refractivity contribution >= 4 is 11.7 Å². The summed E-state index contributed by atoms with van der Waals surface area (Å²) in [4.78, 5) is 19.2. The molecule has 0 aliphatic carbocycles. The molecule has 1 fully saturated rings. The molecule has 21 heavy (non-hydrogen) atoms. The topological polar surface area (TPSA) is 57.3 Å². The number of carbonyl (C=O) groups excluding carboxylic acids is 1. The van der Waals surface area contributed by atoms with Crippen LogP contribution in [0.15, 0.2) is 12.1 Å². The quantitative estimate of drug-likeness (QED) is 0.840. The van der Waals surface area contributed by atoms with Gasteiger partial charge in [-0.2, -0.15) is 0 Å². The second-order valence-electron chi connectivity index (χ2n) is 5.72. The summed E-state index contributed by atoms with van der Waals surface area (Å²) in [5.41, 5.74) is 1.61. The minimum Gasteiger partial charge on any atom is -0.373 e. The molecule has 0 spiro atoms. The van der Waals surface area contributed by atoms with Crippen LogP contribution in [0.5, 0.6) is 0 Å². The van der Waals surface area contributed by atoms with E-state index >= 15 is 0 Å². The molecule has 1 aromatic heterocycles. The molecule has 1 aliphatic heterocycles. The summed E-state index contributed by atoms with van der Waals surface area (Å²) < 4.78 is 0. The first-order valence-electron chi connectivity index (χ1n) is 7.84. The van der Waals surface area contributed by atoms with Crippen LogP contribution in [0.3, 0.4) is 0 Å². The van der Waals surface area contributed by atoms with Crippen LogP contribution in [0.2, 0.25) is 0 Å². The molecule has 1 unspecified atom stereocenters. The third kappa shape index (κ3) is 4.43. The lowest BCUT2D eigenvalue weighted by Gasteiger charge is -2.21. The third-order valence-corrected chi connectivity index (χ3v) is 3.87. The molecule has 0 bridgehead atoms. The predicted octanol–water partition coefficient (Wildman–Crippen LogP) is 1.90. The van der Waals surface area contributed by atoms with E-state index in [4.69, 9.17) is 0 Å². The van der Waals surface area contributed by atoms with Crippen molar-refractivity contribution < 1.29 is 4.79 Å². The molecular weight excluding hydrogens is 264 g/mol. The van der Waals surface area contributed by atoms with E-state index < -0.39 is 0 Å². The molecule has 5 heteroatoms. The lowest BCUT2D eigenvalue weighted by atomic mass is 10.1. The fraction of sp³-hybridized carbons (Fsp3) is 0.625. The Morgan fingerprint density at radius 2 is 2.10 bits per heavy atom. The highest BCUT2D eigenvalue weighted by Crippen LogP contribution is 2.12. The summed E-state index contributed by atoms with van der Waals surface area (Å²) in [6.07, 6.45) is 3.37. The molecule has 5 nitrogen and oxygen atoms in total. The van der Waals surface area contributed by atoms with Crippen molar-refractivity contribution in [2.45, 2.75) is 39.2 Å². The number of hydrogen-bond acceptors (Lipinski definition) is 4. The molecule has 1 saturated heterocycles. The number of nitrogens with zero attached hydrogens (tertiary/aromatic N) is 2. The Hall–Kier alpha value is -1.62. The van der Waals surface area contributed by atoms with Crippen LogP contribution in [0.25, 0.3) is 0 Å². The predicted molar refractivity (Wildman–Crippen MR) is 85.8 cm³/mol. The van der Waals surface area contributed by atoms with Gasteiger partial charge in [-0.15, -0.1) is 0 Å². The van der Waals surface area contributed by atoms with Crippen molar-refractivity contribution in [1.82, 2.24) is 15.2 Å². The normalized spacial score (nSPS) is 16.7. The lowest BCUT2D eigenvalue weighted by Crippen LogP contribution is -2.41. The van der Waals surface area contributed by atoms with Crippen LogP contribution in [-0.2, 0) is 6.42 Å². The highest BCUT2D eigenvalue weighted by Gasteiger charge is 2.17. The van der Waals surface area contributed by atoms with Gasteiger partial charge in [-0.05, 0) is 51.4 Å². The Morgan fingerprint density at radius 1 is 1.38 bits per heavy atom. The highest BCUT2D eigenvalue weighted by molar-refractivity contribution is 5.95. The summed E-state index contributed by atoms with van der Waals surface area (Å²) in [5, 5.41) is 6.10. The number of pyridine rings is 1. The lowest BCUT2D eigenvalue weighted by molar-refractivity contribution is 0.0931. The number of anilines is 1. The number of carbonyl (C=O) groups is 1. The molecule has 0 saturated carbocycles. The minimum atomic E-state index is -0.0182. The number of aryl methyl sites for hydroxylation is 1. The molecule has 1 aromatic rings. The van der Waals surface area contributed by atoms with Crippen LogP contribution in [0.4, 0.5) is 5.82 Å². The monoisotopic (exact) mass is 290 g/mol. The number of rotatable bonds is 6. The Balaban J connectivity index is 1.98. The molecular formula is C16H26N4O. The molecule has 0 aromatic carbocycles. The molecule has 2 rings (SSSR count). The maximum Gasteiger partial charge on any atom is 0.251 e. The zero-order valence-electron chi connectivity index (χ0n) is 13.3. The van der Waals surface area contributed by atoms with Gasteiger partial charge in [0.05, 0.1) is 0 Å². The first-order valence-corrected chi connectivity index (χ1v) is 7.84. The van der Waals surface area contributed by atoms with Crippen LogP contribution < -0.4 is 10.6 Å². The molecule has 2 N–H and O–H groups in total. The SMILES string of the molecule is CCc1cc(C(=O)NC(C)CN2CCCC2)cc(NC)n1. The maximum atomic E-state index is 12.4. The molecule has 1 amide bonds. The van der Waals surface area contributed by atoms with Crippen molar-refractivity contribution in [1.29, 1.82) is 0 Å². The average Bonchev–Trinajstić information content (AvgIpc) is 2.99. The summed E-state index contributed by atoms with van der Waals surface area (Å²) >= 11 is 0. The van der Waals surface area contributed by atoms with Crippen molar-refractivity contribution in [3.05, 3.63) is 23.4 Å². The zero-order chi connectivity index (χ0) is 15.2. The molecule has 0 radical (unpaired) electrons. The van der Waals surface area contributed by atoms with Crippen LogP contribution in [-0.4, -0.2) is 48.5 Å². The summed E-state index contributed by atoms with van der Waals surface area (Å²) in [5.74, 6) is 0.724. The van der Waals surface area contributed by atoms with Crippen molar-refractivity contribution in [3.8, 4) is 0 Å². The largest absolute Gasteiger partial charge is 0.373 e. The van der Waals surface area contributed by atoms with Gasteiger partial charge in [-0.3, -0.25) is 4.79 Å². The first-order chi connectivity index (χ1) is 10.1. The van der Waals surface area contributed by atoms with E-state index in [1.54, 1.807) is 6.07 Å². The number of nitrogens with one attached hydrogen (secondary N) is 2. The van der Waals surface area contributed by atoms with Gasteiger partial charge in [0.15, 0.2) is 0 Å². The van der Waals surface area contributed by atoms with Crippen LogP contribution in [0, 0.1) is 0 Å². The zero-order valence-corrected chi connectivity index (χ0v) is 13.3. The number of hydrogen-bond donors (Lipinski definition) is 2. The molecule has 2 heterocycles. The summed E-state index contributed by atoms with van der Waals surface area (Å²) in [6.45, 7) is 7.34. The van der Waals surface area contributed by atoms with E-state index in [0.29, 0.717) is 5.56 Å². The summed E-state index contributed by atoms with van der Waals surface area (Å²) in [7, 11) is 1.82. The van der Waals surface area contributed by atoms with Crippen LogP contribution >= 0.6 is 0 Å². The fourth-order valence-electron chi connectivity index (χ4n) is 2.73. The van der Waals surface area contributed by atoms with Crippen molar-refractivity contribution in [2.24, 2.45) is 0 Å². The number of amides is 1. The van der Waals surface area contributed by atoms with E-state index in [2.05, 4.69) is 27.4 Å². The average molecular weight is 290 g/mol. The van der Waals surface area contributed by atoms with Gasteiger partial charge in [0.25, 0.3) is 5.91 Å². The fourth-order valence-corrected chi connectivity index (χ4v) is 2.73. The second-order valence-corrected chi connectivity index (χ2v) is 5.72. The third-order valence-electron chi connectivity index (χ3n) is 3.87. The van der Waals surface area contributed by atoms with Gasteiger partial charge >= 0.3 is 0 Å². The standard InChI is InChI=1S/C16H26N4O/c1-4-14-9-13(10-15(17-3)19-14)16(21)18-12(2)11-20-7-5-6-8-20/h9-10,12H,4-8,11H2,1-3H3,(H,17,19)(H,18,21). The smallest absolute Gasteiger partial charge is 0.251 e. The van der Waals surface area contributed by atoms with E-state index in [9.17, 15) is 4.79 Å². The Labute approximate surface area is 127 Å². The molecule has 1 atom stereocenters. The second kappa shape index (κ2) is 7.41. The van der Waals surface area contributed by atoms with Gasteiger partial charge in [-0.1, -0.05) is 6.92 Å². The molecule has 116 valence electrons. The number of aromatic nitrogens is 1. The summed E-state index contributed by atoms with van der Waals surface area (Å²) in [6, 6.07) is 3.84. The van der Waals surface area contributed by atoms with Gasteiger partial charge < -0.3 is 15.5 Å². The van der Waals surface area contributed by atoms with E-state index in [1.165, 1.54) is 12.8 Å². The van der Waals surface area contributed by atoms with E-state index in [1.807, 2.05) is 20.0 Å². The van der Waals surface area contributed by atoms with Crippen LogP contribution in [0.1, 0.15) is 42.7 Å². The minimum absolute atomic E-state index is 0.0182. The van der Waals surface area contributed by atoms with E-state index in [0.717, 1.165) is 37.6 Å². The van der Waals surface area contributed by atoms with Gasteiger partial charge in [0.2, 0.25) is 0 Å². The maximum absolute atomic E-state index is 12.4. The first kappa shape index (κ1) is 15.8. The van der Waals surface area contributed by atoms with Crippen molar-refractivity contribution in [2.75, 3.05) is 32.0 Å².